The van der Waals surface area contributed by atoms with E-state index in [-0.39, 0.29) is 24.1 Å². The van der Waals surface area contributed by atoms with Crippen LogP contribution in [0, 0.1) is 12.8 Å². The molecule has 6 nitrogen and oxygen atoms in total. The highest BCUT2D eigenvalue weighted by molar-refractivity contribution is 6.37. The molecule has 1 fully saturated rings. The van der Waals surface area contributed by atoms with Crippen molar-refractivity contribution in [3.63, 3.8) is 0 Å². The minimum atomic E-state index is -0.142. The lowest BCUT2D eigenvalue weighted by Gasteiger charge is -2.31. The van der Waals surface area contributed by atoms with Crippen molar-refractivity contribution < 1.29 is 4.79 Å². The van der Waals surface area contributed by atoms with Crippen molar-refractivity contribution >= 4 is 41.5 Å². The Labute approximate surface area is 175 Å². The number of likely N-dealkylation sites (tertiary alicyclic amines) is 1. The number of nitrogens with zero attached hydrogens (tertiary/aromatic N) is 4. The van der Waals surface area contributed by atoms with E-state index in [0.29, 0.717) is 27.5 Å². The zero-order valence-corrected chi connectivity index (χ0v) is 17.7. The molecule has 0 spiro atoms. The molecule has 2 heterocycles. The minimum absolute atomic E-state index is 0. The molecule has 3 rings (SSSR count). The molecule has 148 valence electrons. The number of piperidine rings is 1. The summed E-state index contributed by atoms with van der Waals surface area (Å²) >= 11 is 12.5. The molecule has 2 aromatic rings. The first-order valence-corrected chi connectivity index (χ1v) is 9.65. The molecule has 1 aliphatic rings. The van der Waals surface area contributed by atoms with Crippen LogP contribution < -0.4 is 5.32 Å². The molecule has 0 atom stereocenters. The monoisotopic (exact) mass is 431 g/mol. The van der Waals surface area contributed by atoms with Crippen molar-refractivity contribution in [1.29, 1.82) is 0 Å². The minimum Gasteiger partial charge on any atom is -0.336 e. The third-order valence-electron chi connectivity index (χ3n) is 4.69. The molecule has 1 aromatic carbocycles. The molecule has 9 heteroatoms. The highest BCUT2D eigenvalue weighted by Crippen LogP contribution is 2.28. The second-order valence-corrected chi connectivity index (χ2v) is 7.32. The van der Waals surface area contributed by atoms with E-state index in [2.05, 4.69) is 22.3 Å². The summed E-state index contributed by atoms with van der Waals surface area (Å²) in [7, 11) is 0. The fraction of sp³-hybridized carbons (Fsp3) is 0.500. The fourth-order valence-corrected chi connectivity index (χ4v) is 3.77. The number of nitrogens with one attached hydrogen (secondary N) is 1. The number of rotatable bonds is 5. The lowest BCUT2D eigenvalue weighted by atomic mass is 9.97. The van der Waals surface area contributed by atoms with Crippen molar-refractivity contribution in [3.8, 4) is 5.69 Å². The molecule has 1 amide bonds. The molecule has 1 N–H and O–H groups in total. The van der Waals surface area contributed by atoms with Gasteiger partial charge in [-0.15, -0.1) is 17.5 Å². The molecule has 0 saturated carbocycles. The van der Waals surface area contributed by atoms with Crippen LogP contribution in [0.2, 0.25) is 10.0 Å². The van der Waals surface area contributed by atoms with E-state index in [9.17, 15) is 4.79 Å². The van der Waals surface area contributed by atoms with Crippen LogP contribution in [0.5, 0.6) is 0 Å². The first-order valence-electron chi connectivity index (χ1n) is 8.89. The van der Waals surface area contributed by atoms with Gasteiger partial charge < -0.3 is 10.2 Å². The Hall–Kier alpha value is -1.34. The average molecular weight is 433 g/mol. The van der Waals surface area contributed by atoms with E-state index in [0.717, 1.165) is 39.0 Å². The number of hydrogen-bond donors (Lipinski definition) is 1. The van der Waals surface area contributed by atoms with Crippen molar-refractivity contribution in [2.75, 3.05) is 26.2 Å². The van der Waals surface area contributed by atoms with Gasteiger partial charge in [-0.2, -0.15) is 0 Å². The summed E-state index contributed by atoms with van der Waals surface area (Å²) in [5, 5.41) is 8.69. The van der Waals surface area contributed by atoms with Crippen LogP contribution in [-0.2, 0) is 0 Å². The Morgan fingerprint density at radius 1 is 1.26 bits per heavy atom. The number of carbonyl (C=O) groups is 1. The average Bonchev–Trinajstić information content (AvgIpc) is 3.01. The number of aromatic nitrogens is 3. The van der Waals surface area contributed by atoms with Crippen LogP contribution >= 0.6 is 35.6 Å². The SMILES string of the molecule is CCNCC1CCN(C(=O)c2nc(C)n(-c3c(Cl)cccc3Cl)n2)CC1.Cl. The van der Waals surface area contributed by atoms with Gasteiger partial charge in [0.15, 0.2) is 0 Å². The van der Waals surface area contributed by atoms with Crippen LogP contribution in [0.4, 0.5) is 0 Å². The molecule has 0 radical (unpaired) electrons. The maximum atomic E-state index is 12.8. The normalized spacial score (nSPS) is 14.9. The summed E-state index contributed by atoms with van der Waals surface area (Å²) in [5.74, 6) is 1.24. The highest BCUT2D eigenvalue weighted by atomic mass is 35.5. The maximum absolute atomic E-state index is 12.8. The number of para-hydroxylation sites is 1. The first kappa shape index (κ1) is 22.0. The number of benzene rings is 1. The fourth-order valence-electron chi connectivity index (χ4n) is 3.21. The third kappa shape index (κ3) is 4.93. The Morgan fingerprint density at radius 2 is 1.89 bits per heavy atom. The summed E-state index contributed by atoms with van der Waals surface area (Å²) in [6.45, 7) is 7.34. The molecule has 1 aromatic heterocycles. The number of aryl methyl sites for hydroxylation is 1. The zero-order valence-electron chi connectivity index (χ0n) is 15.4. The predicted octanol–water partition coefficient (Wildman–Crippen LogP) is 3.77. The van der Waals surface area contributed by atoms with Crippen LogP contribution in [0.15, 0.2) is 18.2 Å². The van der Waals surface area contributed by atoms with Crippen LogP contribution in [0.3, 0.4) is 0 Å². The molecule has 0 aliphatic carbocycles. The number of amides is 1. The van der Waals surface area contributed by atoms with E-state index >= 15 is 0 Å². The summed E-state index contributed by atoms with van der Waals surface area (Å²) in [5.41, 5.74) is 0.546. The van der Waals surface area contributed by atoms with E-state index in [1.807, 2.05) is 4.90 Å². The Morgan fingerprint density at radius 3 is 2.48 bits per heavy atom. The first-order chi connectivity index (χ1) is 12.5. The van der Waals surface area contributed by atoms with Crippen molar-refractivity contribution in [2.45, 2.75) is 26.7 Å². The molecule has 0 bridgehead atoms. The van der Waals surface area contributed by atoms with Crippen molar-refractivity contribution in [2.24, 2.45) is 5.92 Å². The van der Waals surface area contributed by atoms with Gasteiger partial charge >= 0.3 is 0 Å². The summed E-state index contributed by atoms with van der Waals surface area (Å²) in [6, 6.07) is 5.24. The van der Waals surface area contributed by atoms with Crippen LogP contribution in [0.1, 0.15) is 36.2 Å². The number of hydrogen-bond acceptors (Lipinski definition) is 4. The summed E-state index contributed by atoms with van der Waals surface area (Å²) < 4.78 is 1.54. The van der Waals surface area contributed by atoms with Gasteiger partial charge in [0.05, 0.1) is 10.0 Å². The van der Waals surface area contributed by atoms with Gasteiger partial charge in [0.2, 0.25) is 5.82 Å². The van der Waals surface area contributed by atoms with Gasteiger partial charge in [-0.3, -0.25) is 4.79 Å². The Kier molecular flexibility index (Phi) is 7.91. The molecule has 27 heavy (non-hydrogen) atoms. The molecular weight excluding hydrogens is 409 g/mol. The van der Waals surface area contributed by atoms with E-state index in [1.165, 1.54) is 4.68 Å². The topological polar surface area (TPSA) is 63.1 Å². The number of carbonyl (C=O) groups excluding carboxylic acids is 1. The van der Waals surface area contributed by atoms with E-state index in [1.54, 1.807) is 25.1 Å². The van der Waals surface area contributed by atoms with Crippen molar-refractivity contribution in [1.82, 2.24) is 25.0 Å². The lowest BCUT2D eigenvalue weighted by Crippen LogP contribution is -2.41. The van der Waals surface area contributed by atoms with Gasteiger partial charge in [-0.25, -0.2) is 9.67 Å². The molecule has 0 unspecified atom stereocenters. The van der Waals surface area contributed by atoms with Crippen molar-refractivity contribution in [3.05, 3.63) is 39.9 Å². The van der Waals surface area contributed by atoms with Gasteiger partial charge in [0, 0.05) is 13.1 Å². The molecule has 1 saturated heterocycles. The Balaban J connectivity index is 0.00000261. The molecular formula is C18H24Cl3N5O. The second-order valence-electron chi connectivity index (χ2n) is 6.51. The van der Waals surface area contributed by atoms with Gasteiger partial charge in [-0.1, -0.05) is 36.2 Å². The van der Waals surface area contributed by atoms with Gasteiger partial charge in [-0.05, 0) is 50.9 Å². The van der Waals surface area contributed by atoms with Crippen LogP contribution in [0.25, 0.3) is 5.69 Å². The van der Waals surface area contributed by atoms with Gasteiger partial charge in [0.1, 0.15) is 11.5 Å². The maximum Gasteiger partial charge on any atom is 0.293 e. The largest absolute Gasteiger partial charge is 0.336 e. The third-order valence-corrected chi connectivity index (χ3v) is 5.30. The summed E-state index contributed by atoms with van der Waals surface area (Å²) in [4.78, 5) is 19.0. The molecule has 1 aliphatic heterocycles. The second kappa shape index (κ2) is 9.73. The smallest absolute Gasteiger partial charge is 0.293 e. The van der Waals surface area contributed by atoms with Crippen LogP contribution in [-0.4, -0.2) is 51.8 Å². The van der Waals surface area contributed by atoms with E-state index < -0.39 is 0 Å². The number of halogens is 3. The van der Waals surface area contributed by atoms with Gasteiger partial charge in [0.25, 0.3) is 5.91 Å². The quantitative estimate of drug-likeness (QED) is 0.781. The zero-order chi connectivity index (χ0) is 18.7. The highest BCUT2D eigenvalue weighted by Gasteiger charge is 2.27. The van der Waals surface area contributed by atoms with E-state index in [4.69, 9.17) is 23.2 Å². The lowest BCUT2D eigenvalue weighted by molar-refractivity contribution is 0.0678. The predicted molar refractivity (Wildman–Crippen MR) is 111 cm³/mol. The summed E-state index contributed by atoms with van der Waals surface area (Å²) in [6.07, 6.45) is 1.99. The Bertz CT molecular complexity index is 767. The standard InChI is InChI=1S/C18H23Cl2N5O.ClH/c1-3-21-11-13-7-9-24(10-8-13)18(26)17-22-12(2)25(23-17)16-14(19)5-4-6-15(16)20;/h4-6,13,21H,3,7-11H2,1-2H3;1H.